The highest BCUT2D eigenvalue weighted by Gasteiger charge is 2.46. The molecule has 0 saturated carbocycles. The Bertz CT molecular complexity index is 3710. The van der Waals surface area contributed by atoms with Gasteiger partial charge in [0.1, 0.15) is 0 Å². The third kappa shape index (κ3) is 5.45. The van der Waals surface area contributed by atoms with E-state index in [1.165, 1.54) is 119 Å². The van der Waals surface area contributed by atoms with E-state index in [-0.39, 0.29) is 18.0 Å². The second-order valence-electron chi connectivity index (χ2n) is 18.1. The Labute approximate surface area is 387 Å². The molecule has 4 aliphatic rings. The van der Waals surface area contributed by atoms with E-state index in [1.807, 2.05) is 23.5 Å². The first-order valence-electron chi connectivity index (χ1n) is 22.6. The van der Waals surface area contributed by atoms with Gasteiger partial charge in [0.2, 0.25) is 6.71 Å². The van der Waals surface area contributed by atoms with E-state index in [2.05, 4.69) is 230 Å². The molecule has 0 N–H and O–H groups in total. The molecule has 304 valence electrons. The van der Waals surface area contributed by atoms with Crippen LogP contribution in [-0.4, -0.2) is 11.3 Å². The Morgan fingerprint density at radius 2 is 1.12 bits per heavy atom. The molecule has 0 bridgehead atoms. The zero-order valence-corrected chi connectivity index (χ0v) is 37.3. The Morgan fingerprint density at radius 1 is 0.477 bits per heavy atom. The number of para-hydroxylation sites is 2. The molecular formula is C61H40BNS2. The zero-order valence-electron chi connectivity index (χ0n) is 35.7. The average molecular weight is 862 g/mol. The molecule has 2 atom stereocenters. The molecule has 14 rings (SSSR count). The minimum atomic E-state index is -0.304. The normalized spacial score (nSPS) is 17.8. The fraction of sp³-hybridized carbons (Fsp3) is 0.0492. The van der Waals surface area contributed by atoms with Gasteiger partial charge in [0.15, 0.2) is 0 Å². The van der Waals surface area contributed by atoms with E-state index in [0.29, 0.717) is 0 Å². The third-order valence-electron chi connectivity index (χ3n) is 14.7. The largest absolute Gasteiger partial charge is 0.309 e. The molecule has 10 aromatic rings. The fourth-order valence-electron chi connectivity index (χ4n) is 11.9. The maximum atomic E-state index is 2.54. The molecule has 65 heavy (non-hydrogen) atoms. The van der Waals surface area contributed by atoms with Crippen molar-refractivity contribution in [1.29, 1.82) is 0 Å². The molecule has 1 aromatic heterocycles. The third-order valence-corrected chi connectivity index (χ3v) is 16.9. The van der Waals surface area contributed by atoms with Crippen molar-refractivity contribution in [2.75, 3.05) is 0 Å². The van der Waals surface area contributed by atoms with E-state index >= 15 is 0 Å². The van der Waals surface area contributed by atoms with Crippen LogP contribution in [-0.2, 0) is 0 Å². The second-order valence-corrected chi connectivity index (χ2v) is 20.2. The Kier molecular flexibility index (Phi) is 8.21. The van der Waals surface area contributed by atoms with Crippen molar-refractivity contribution in [2.24, 2.45) is 5.41 Å². The summed E-state index contributed by atoms with van der Waals surface area (Å²) in [7, 11) is 0. The van der Waals surface area contributed by atoms with Crippen molar-refractivity contribution < 1.29 is 0 Å². The number of benzene rings is 9. The van der Waals surface area contributed by atoms with Gasteiger partial charge in [0.25, 0.3) is 0 Å². The van der Waals surface area contributed by atoms with Crippen LogP contribution in [0.2, 0.25) is 0 Å². The summed E-state index contributed by atoms with van der Waals surface area (Å²) < 4.78 is 2.46. The summed E-state index contributed by atoms with van der Waals surface area (Å²) >= 11 is 3.89. The molecule has 0 radical (unpaired) electrons. The summed E-state index contributed by atoms with van der Waals surface area (Å²) in [6, 6.07) is 73.0. The van der Waals surface area contributed by atoms with Crippen LogP contribution < -0.4 is 16.4 Å². The average Bonchev–Trinajstić information content (AvgIpc) is 3.69. The highest BCUT2D eigenvalue weighted by molar-refractivity contribution is 8.01. The number of hydrogen-bond acceptors (Lipinski definition) is 2. The number of rotatable bonds is 4. The van der Waals surface area contributed by atoms with Crippen LogP contribution in [0.15, 0.2) is 244 Å². The number of hydrogen-bond donors (Lipinski definition) is 0. The van der Waals surface area contributed by atoms with Crippen LogP contribution in [0.25, 0.3) is 55.0 Å². The van der Waals surface area contributed by atoms with Gasteiger partial charge in [-0.25, -0.2) is 0 Å². The van der Waals surface area contributed by atoms with Gasteiger partial charge in [-0.1, -0.05) is 217 Å². The fourth-order valence-corrected chi connectivity index (χ4v) is 14.4. The summed E-state index contributed by atoms with van der Waals surface area (Å²) in [5, 5.41) is 5.18. The van der Waals surface area contributed by atoms with Gasteiger partial charge in [-0.05, 0) is 103 Å². The van der Waals surface area contributed by atoms with Gasteiger partial charge in [-0.15, -0.1) is 0 Å². The first kappa shape index (κ1) is 37.4. The van der Waals surface area contributed by atoms with E-state index < -0.39 is 0 Å². The molecule has 0 spiro atoms. The molecule has 1 unspecified atom stereocenters. The van der Waals surface area contributed by atoms with E-state index in [1.54, 1.807) is 0 Å². The predicted octanol–water partition coefficient (Wildman–Crippen LogP) is 14.1. The van der Waals surface area contributed by atoms with Crippen LogP contribution in [0, 0.1) is 5.41 Å². The highest BCUT2D eigenvalue weighted by Crippen LogP contribution is 2.59. The summed E-state index contributed by atoms with van der Waals surface area (Å²) in [6.45, 7) is 2.64. The van der Waals surface area contributed by atoms with Crippen molar-refractivity contribution in [3.8, 4) is 16.8 Å². The molecule has 2 aliphatic carbocycles. The SMILES string of the molecule is CC12C=CC=CC1=C(c1cc3c4c(c1)Sc1cc(-n5c6ccccc6c6ccccc65)ccc1B4c1ccccc1S3)c1ccccc1[C@H]2c1ccc(-c2ccccc2)c2ccccc12. The topological polar surface area (TPSA) is 4.93 Å². The number of nitrogens with zero attached hydrogens (tertiary/aromatic N) is 1. The quantitative estimate of drug-likeness (QED) is 0.162. The van der Waals surface area contributed by atoms with Crippen molar-refractivity contribution >= 4 is 84.8 Å². The van der Waals surface area contributed by atoms with Gasteiger partial charge < -0.3 is 4.57 Å². The molecule has 3 heterocycles. The molecule has 1 nitrogen and oxygen atoms in total. The number of aromatic nitrogens is 1. The van der Waals surface area contributed by atoms with Crippen LogP contribution in [0.1, 0.15) is 35.1 Å². The van der Waals surface area contributed by atoms with Crippen LogP contribution in [0.3, 0.4) is 0 Å². The van der Waals surface area contributed by atoms with Crippen molar-refractivity contribution in [2.45, 2.75) is 32.4 Å². The van der Waals surface area contributed by atoms with Gasteiger partial charge in [-0.3, -0.25) is 0 Å². The van der Waals surface area contributed by atoms with Crippen molar-refractivity contribution in [3.63, 3.8) is 0 Å². The minimum absolute atomic E-state index is 0.107. The lowest BCUT2D eigenvalue weighted by Crippen LogP contribution is -2.58. The summed E-state index contributed by atoms with van der Waals surface area (Å²) in [6.07, 6.45) is 9.42. The van der Waals surface area contributed by atoms with E-state index in [9.17, 15) is 0 Å². The Balaban J connectivity index is 0.966. The number of allylic oxidation sites excluding steroid dienone is 5. The van der Waals surface area contributed by atoms with Gasteiger partial charge in [-0.2, -0.15) is 0 Å². The van der Waals surface area contributed by atoms with E-state index in [4.69, 9.17) is 0 Å². The summed E-state index contributed by atoms with van der Waals surface area (Å²) in [4.78, 5) is 5.38. The number of fused-ring (bicyclic) bond motifs is 10. The molecule has 0 amide bonds. The molecule has 2 aliphatic heterocycles. The lowest BCUT2D eigenvalue weighted by molar-refractivity contribution is 0.450. The van der Waals surface area contributed by atoms with Gasteiger partial charge >= 0.3 is 0 Å². The van der Waals surface area contributed by atoms with Crippen molar-refractivity contribution in [1.82, 2.24) is 4.57 Å². The smallest absolute Gasteiger partial charge is 0.247 e. The molecule has 4 heteroatoms. The Hall–Kier alpha value is -6.98. The lowest BCUT2D eigenvalue weighted by atomic mass is 9.36. The second kappa shape index (κ2) is 14.3. The van der Waals surface area contributed by atoms with Crippen LogP contribution >= 0.6 is 23.5 Å². The van der Waals surface area contributed by atoms with Gasteiger partial charge in [0.05, 0.1) is 11.0 Å². The Morgan fingerprint density at radius 3 is 1.92 bits per heavy atom. The minimum Gasteiger partial charge on any atom is -0.309 e. The maximum Gasteiger partial charge on any atom is 0.247 e. The lowest BCUT2D eigenvalue weighted by Gasteiger charge is -2.45. The highest BCUT2D eigenvalue weighted by atomic mass is 32.2. The first-order chi connectivity index (χ1) is 32.1. The van der Waals surface area contributed by atoms with Crippen LogP contribution in [0.4, 0.5) is 0 Å². The van der Waals surface area contributed by atoms with Gasteiger partial charge in [0, 0.05) is 47.4 Å². The summed E-state index contributed by atoms with van der Waals surface area (Å²) in [5.41, 5.74) is 18.2. The molecule has 0 saturated heterocycles. The molecule has 9 aromatic carbocycles. The van der Waals surface area contributed by atoms with Crippen LogP contribution in [0.5, 0.6) is 0 Å². The summed E-state index contributed by atoms with van der Waals surface area (Å²) in [5.74, 6) is 0.107. The molecule has 0 fully saturated rings. The zero-order chi connectivity index (χ0) is 42.8. The van der Waals surface area contributed by atoms with Crippen molar-refractivity contribution in [3.05, 3.63) is 246 Å². The molecular weight excluding hydrogens is 822 g/mol. The monoisotopic (exact) mass is 861 g/mol. The first-order valence-corrected chi connectivity index (χ1v) is 24.3. The van der Waals surface area contributed by atoms with E-state index in [0.717, 1.165) is 0 Å². The standard InChI is InChI=1S/C61H40BNS2/c1-61-34-16-15-25-49(61)58(46-23-7-8-24-47(46)59(61)48-32-31-41(38-17-3-2-4-18-38)42-19-5-6-20-43(42)48)39-35-56-60-57(36-39)65-55-37-40(30-33-51(55)62(60)50-26-11-14-29-54(50)64-56)63-52-27-12-9-21-44(52)45-22-10-13-28-53(45)63/h2-37,59H,1H3/t59-,61?/m0/s1. The predicted molar refractivity (Wildman–Crippen MR) is 277 cm³/mol. The maximum absolute atomic E-state index is 2.54.